The lowest BCUT2D eigenvalue weighted by Gasteiger charge is -2.13. The van der Waals surface area contributed by atoms with Crippen molar-refractivity contribution in [3.8, 4) is 17.0 Å². The Morgan fingerprint density at radius 2 is 1.82 bits per heavy atom. The lowest BCUT2D eigenvalue weighted by Crippen LogP contribution is -2.13. The van der Waals surface area contributed by atoms with Gasteiger partial charge in [0.05, 0.1) is 18.3 Å². The lowest BCUT2D eigenvalue weighted by molar-refractivity contribution is -0.142. The summed E-state index contributed by atoms with van der Waals surface area (Å²) < 4.78 is 23.8. The standard InChI is InChI=1S/C25H18ClFN2O4/c1-32-24(30)14-33-23-13-22(15-5-7-17(26)8-6-15)29-21-10-9-19(12-20(21)23)28-25(31)16-3-2-4-18(27)11-16/h2-13H,14H2,1H3,(H,28,31). The second-order valence-electron chi connectivity index (χ2n) is 7.07. The number of pyridine rings is 1. The lowest BCUT2D eigenvalue weighted by atomic mass is 10.1. The van der Waals surface area contributed by atoms with Gasteiger partial charge in [-0.15, -0.1) is 0 Å². The predicted octanol–water partition coefficient (Wildman–Crippen LogP) is 5.50. The van der Waals surface area contributed by atoms with Crippen LogP contribution in [0, 0.1) is 5.82 Å². The molecule has 0 atom stereocenters. The summed E-state index contributed by atoms with van der Waals surface area (Å²) >= 11 is 5.99. The number of carbonyl (C=O) groups is 2. The molecule has 0 aliphatic heterocycles. The average molecular weight is 465 g/mol. The number of carbonyl (C=O) groups excluding carboxylic acids is 2. The molecule has 0 unspecified atom stereocenters. The van der Waals surface area contributed by atoms with Crippen LogP contribution in [-0.4, -0.2) is 30.6 Å². The molecular formula is C25H18ClFN2O4. The Kier molecular flexibility index (Phi) is 6.51. The SMILES string of the molecule is COC(=O)COc1cc(-c2ccc(Cl)cc2)nc2ccc(NC(=O)c3cccc(F)c3)cc12. The zero-order valence-corrected chi connectivity index (χ0v) is 18.2. The number of rotatable bonds is 6. The van der Waals surface area contributed by atoms with Crippen LogP contribution in [0.2, 0.25) is 5.02 Å². The topological polar surface area (TPSA) is 77.5 Å². The third-order valence-corrected chi connectivity index (χ3v) is 5.08. The largest absolute Gasteiger partial charge is 0.481 e. The second kappa shape index (κ2) is 9.67. The summed E-state index contributed by atoms with van der Waals surface area (Å²) in [6.07, 6.45) is 0. The van der Waals surface area contributed by atoms with Gasteiger partial charge in [0.2, 0.25) is 0 Å². The van der Waals surface area contributed by atoms with Crippen LogP contribution in [0.3, 0.4) is 0 Å². The number of amides is 1. The number of hydrogen-bond donors (Lipinski definition) is 1. The number of esters is 1. The van der Waals surface area contributed by atoms with Gasteiger partial charge < -0.3 is 14.8 Å². The minimum Gasteiger partial charge on any atom is -0.481 e. The van der Waals surface area contributed by atoms with E-state index in [1.165, 1.54) is 25.3 Å². The van der Waals surface area contributed by atoms with Gasteiger partial charge in [-0.25, -0.2) is 14.2 Å². The molecule has 6 nitrogen and oxygen atoms in total. The number of aromatic nitrogens is 1. The molecule has 0 saturated carbocycles. The van der Waals surface area contributed by atoms with Crippen molar-refractivity contribution in [1.82, 2.24) is 4.98 Å². The molecule has 0 bridgehead atoms. The van der Waals surface area contributed by atoms with E-state index in [-0.39, 0.29) is 12.2 Å². The molecular weight excluding hydrogens is 447 g/mol. The highest BCUT2D eigenvalue weighted by molar-refractivity contribution is 6.30. The molecule has 1 aromatic heterocycles. The highest BCUT2D eigenvalue weighted by atomic mass is 35.5. The van der Waals surface area contributed by atoms with Crippen molar-refractivity contribution in [2.75, 3.05) is 19.0 Å². The summed E-state index contributed by atoms with van der Waals surface area (Å²) in [5.74, 6) is -1.11. The van der Waals surface area contributed by atoms with E-state index in [1.807, 2.05) is 12.1 Å². The maximum atomic E-state index is 13.5. The zero-order valence-electron chi connectivity index (χ0n) is 17.5. The fourth-order valence-corrected chi connectivity index (χ4v) is 3.32. The van der Waals surface area contributed by atoms with Crippen molar-refractivity contribution < 1.29 is 23.5 Å². The van der Waals surface area contributed by atoms with Crippen LogP contribution >= 0.6 is 11.6 Å². The van der Waals surface area contributed by atoms with E-state index in [0.717, 1.165) is 11.6 Å². The van der Waals surface area contributed by atoms with Gasteiger partial charge in [0.1, 0.15) is 11.6 Å². The van der Waals surface area contributed by atoms with E-state index in [4.69, 9.17) is 16.3 Å². The molecule has 4 aromatic rings. The van der Waals surface area contributed by atoms with Gasteiger partial charge in [-0.3, -0.25) is 4.79 Å². The summed E-state index contributed by atoms with van der Waals surface area (Å²) in [4.78, 5) is 28.8. The Morgan fingerprint density at radius 1 is 1.03 bits per heavy atom. The van der Waals surface area contributed by atoms with Gasteiger partial charge >= 0.3 is 5.97 Å². The number of fused-ring (bicyclic) bond motifs is 1. The first-order valence-corrected chi connectivity index (χ1v) is 10.3. The molecule has 0 radical (unpaired) electrons. The molecule has 1 N–H and O–H groups in total. The molecule has 166 valence electrons. The van der Waals surface area contributed by atoms with Gasteiger partial charge in [0.25, 0.3) is 5.91 Å². The van der Waals surface area contributed by atoms with Crippen LogP contribution in [0.1, 0.15) is 10.4 Å². The minimum absolute atomic E-state index is 0.188. The Labute approximate surface area is 193 Å². The Balaban J connectivity index is 1.72. The number of nitrogens with zero attached hydrogens (tertiary/aromatic N) is 1. The quantitative estimate of drug-likeness (QED) is 0.381. The Bertz CT molecular complexity index is 1340. The molecule has 0 aliphatic carbocycles. The van der Waals surface area contributed by atoms with Crippen LogP contribution in [0.5, 0.6) is 5.75 Å². The van der Waals surface area contributed by atoms with E-state index in [0.29, 0.717) is 33.1 Å². The van der Waals surface area contributed by atoms with Crippen LogP contribution < -0.4 is 10.1 Å². The first-order chi connectivity index (χ1) is 15.9. The molecule has 0 fully saturated rings. The molecule has 1 heterocycles. The number of benzene rings is 3. The van der Waals surface area contributed by atoms with Gasteiger partial charge in [-0.2, -0.15) is 0 Å². The molecule has 1 amide bonds. The summed E-state index contributed by atoms with van der Waals surface area (Å²) in [5.41, 5.74) is 2.67. The van der Waals surface area contributed by atoms with E-state index >= 15 is 0 Å². The van der Waals surface area contributed by atoms with Crippen molar-refractivity contribution in [2.45, 2.75) is 0 Å². The molecule has 33 heavy (non-hydrogen) atoms. The van der Waals surface area contributed by atoms with E-state index in [2.05, 4.69) is 15.0 Å². The summed E-state index contributed by atoms with van der Waals surface area (Å²) in [6.45, 7) is -0.296. The van der Waals surface area contributed by atoms with Crippen molar-refractivity contribution >= 4 is 40.1 Å². The van der Waals surface area contributed by atoms with E-state index in [9.17, 15) is 14.0 Å². The number of methoxy groups -OCH3 is 1. The van der Waals surface area contributed by atoms with E-state index < -0.39 is 17.7 Å². The molecule has 0 aliphatic rings. The summed E-state index contributed by atoms with van der Waals surface area (Å²) in [7, 11) is 1.27. The number of halogens is 2. The molecule has 4 rings (SSSR count). The van der Waals surface area contributed by atoms with Crippen molar-refractivity contribution in [3.63, 3.8) is 0 Å². The summed E-state index contributed by atoms with van der Waals surface area (Å²) in [5, 5.41) is 3.91. The van der Waals surface area contributed by atoms with Gasteiger partial charge in [0, 0.05) is 33.3 Å². The number of nitrogens with one attached hydrogen (secondary N) is 1. The van der Waals surface area contributed by atoms with Gasteiger partial charge in [0.15, 0.2) is 6.61 Å². The van der Waals surface area contributed by atoms with Gasteiger partial charge in [-0.05, 0) is 48.5 Å². The highest BCUT2D eigenvalue weighted by Gasteiger charge is 2.13. The van der Waals surface area contributed by atoms with Crippen molar-refractivity contribution in [2.24, 2.45) is 0 Å². The third-order valence-electron chi connectivity index (χ3n) is 4.83. The zero-order chi connectivity index (χ0) is 23.4. The van der Waals surface area contributed by atoms with Gasteiger partial charge in [-0.1, -0.05) is 29.8 Å². The van der Waals surface area contributed by atoms with Crippen LogP contribution in [0.4, 0.5) is 10.1 Å². The molecule has 0 saturated heterocycles. The highest BCUT2D eigenvalue weighted by Crippen LogP contribution is 2.32. The number of hydrogen-bond acceptors (Lipinski definition) is 5. The number of ether oxygens (including phenoxy) is 2. The average Bonchev–Trinajstić information content (AvgIpc) is 2.82. The van der Waals surface area contributed by atoms with Crippen LogP contribution in [0.15, 0.2) is 72.8 Å². The normalized spacial score (nSPS) is 10.6. The maximum absolute atomic E-state index is 13.5. The first-order valence-electron chi connectivity index (χ1n) is 9.90. The molecule has 8 heteroatoms. The maximum Gasteiger partial charge on any atom is 0.343 e. The number of anilines is 1. The van der Waals surface area contributed by atoms with Crippen LogP contribution in [0.25, 0.3) is 22.2 Å². The van der Waals surface area contributed by atoms with Crippen LogP contribution in [-0.2, 0) is 9.53 Å². The first kappa shape index (κ1) is 22.2. The fraction of sp³-hybridized carbons (Fsp3) is 0.0800. The summed E-state index contributed by atoms with van der Waals surface area (Å²) in [6, 6.07) is 19.3. The fourth-order valence-electron chi connectivity index (χ4n) is 3.19. The molecule has 3 aromatic carbocycles. The van der Waals surface area contributed by atoms with Crippen molar-refractivity contribution in [3.05, 3.63) is 89.2 Å². The Hall–Kier alpha value is -3.97. The third kappa shape index (κ3) is 5.27. The second-order valence-corrected chi connectivity index (χ2v) is 7.51. The van der Waals surface area contributed by atoms with Crippen molar-refractivity contribution in [1.29, 1.82) is 0 Å². The minimum atomic E-state index is -0.538. The Morgan fingerprint density at radius 3 is 2.55 bits per heavy atom. The molecule has 0 spiro atoms. The predicted molar refractivity (Wildman–Crippen MR) is 124 cm³/mol. The monoisotopic (exact) mass is 464 g/mol. The van der Waals surface area contributed by atoms with E-state index in [1.54, 1.807) is 36.4 Å². The smallest absolute Gasteiger partial charge is 0.343 e.